The first-order chi connectivity index (χ1) is 20.5. The third kappa shape index (κ3) is 8.51. The Morgan fingerprint density at radius 3 is 2.35 bits per heavy atom. The van der Waals surface area contributed by atoms with Gasteiger partial charge in [-0.15, -0.1) is 0 Å². The molecule has 0 radical (unpaired) electrons. The summed E-state index contributed by atoms with van der Waals surface area (Å²) in [7, 11) is -3.31. The molecule has 2 aliphatic heterocycles. The molecule has 2 saturated heterocycles. The van der Waals surface area contributed by atoms with Crippen LogP contribution in [0.2, 0.25) is 0 Å². The highest BCUT2D eigenvalue weighted by molar-refractivity contribution is 7.89. The first kappa shape index (κ1) is 31.9. The molecule has 0 saturated carbocycles. The molecule has 0 bridgehead atoms. The Morgan fingerprint density at radius 2 is 1.72 bits per heavy atom. The quantitative estimate of drug-likeness (QED) is 0.344. The summed E-state index contributed by atoms with van der Waals surface area (Å²) in [5, 5.41) is 2.60. The van der Waals surface area contributed by atoms with Crippen molar-refractivity contribution in [2.24, 2.45) is 0 Å². The second-order valence-electron chi connectivity index (χ2n) is 10.4. The van der Waals surface area contributed by atoms with Crippen LogP contribution in [0.4, 0.5) is 20.6 Å². The number of rotatable bonds is 12. The van der Waals surface area contributed by atoms with Gasteiger partial charge in [0.25, 0.3) is 0 Å². The van der Waals surface area contributed by atoms with Crippen molar-refractivity contribution in [1.82, 2.24) is 14.9 Å². The van der Waals surface area contributed by atoms with Gasteiger partial charge in [0.1, 0.15) is 11.9 Å². The molecule has 0 unspecified atom stereocenters. The van der Waals surface area contributed by atoms with Gasteiger partial charge in [0.2, 0.25) is 21.8 Å². The van der Waals surface area contributed by atoms with Crippen LogP contribution in [0.1, 0.15) is 42.6 Å². The summed E-state index contributed by atoms with van der Waals surface area (Å²) < 4.78 is 46.0. The van der Waals surface area contributed by atoms with E-state index in [-0.39, 0.29) is 55.8 Å². The van der Waals surface area contributed by atoms with Crippen molar-refractivity contribution in [3.8, 4) is 0 Å². The van der Waals surface area contributed by atoms with Crippen LogP contribution < -0.4 is 19.8 Å². The van der Waals surface area contributed by atoms with Crippen molar-refractivity contribution in [1.29, 1.82) is 0 Å². The normalized spacial score (nSPS) is 17.1. The lowest BCUT2D eigenvalue weighted by Gasteiger charge is -2.36. The standard InChI is InChI=1S/C29H36FN5O7S/c1-3-43(40,41)32-17-21-4-6-22(7-5-21)27(37)10-11-28(38)34-14-12-33(13-15-34)26-9-8-23(16-25(26)30)35-19-24(42-29(35)39)18-31-20(2)36/h4-9,16,24,32H,3,10-15,17-19H2,1-2H3,(H,31,36)/t24-/m0/s1. The Balaban J connectivity index is 1.23. The summed E-state index contributed by atoms with van der Waals surface area (Å²) in [6.07, 6.45) is -1.04. The van der Waals surface area contributed by atoms with E-state index in [0.29, 0.717) is 43.1 Å². The number of sulfonamides is 1. The fraction of sp³-hybridized carbons (Fsp3) is 0.448. The average molecular weight is 618 g/mol. The van der Waals surface area contributed by atoms with E-state index in [1.807, 2.05) is 4.90 Å². The van der Waals surface area contributed by atoms with Gasteiger partial charge in [0, 0.05) is 58.1 Å². The first-order valence-corrected chi connectivity index (χ1v) is 15.8. The van der Waals surface area contributed by atoms with Crippen molar-refractivity contribution in [2.45, 2.75) is 39.3 Å². The summed E-state index contributed by atoms with van der Waals surface area (Å²) in [6, 6.07) is 11.1. The second-order valence-corrected chi connectivity index (χ2v) is 12.5. The minimum absolute atomic E-state index is 0.0149. The number of hydrogen-bond acceptors (Lipinski definition) is 8. The van der Waals surface area contributed by atoms with Gasteiger partial charge in [-0.25, -0.2) is 22.3 Å². The van der Waals surface area contributed by atoms with Gasteiger partial charge < -0.3 is 19.9 Å². The highest BCUT2D eigenvalue weighted by Gasteiger charge is 2.33. The van der Waals surface area contributed by atoms with Crippen molar-refractivity contribution in [3.63, 3.8) is 0 Å². The maximum Gasteiger partial charge on any atom is 0.414 e. The SMILES string of the molecule is CCS(=O)(=O)NCc1ccc(C(=O)CCC(=O)N2CCN(c3ccc(N4C[C@H](CNC(C)=O)OC4=O)cc3F)CC2)cc1. The van der Waals surface area contributed by atoms with E-state index >= 15 is 4.39 Å². The van der Waals surface area contributed by atoms with Crippen LogP contribution in [0.15, 0.2) is 42.5 Å². The van der Waals surface area contributed by atoms with Gasteiger partial charge in [-0.2, -0.15) is 0 Å². The van der Waals surface area contributed by atoms with Crippen molar-refractivity contribution in [3.05, 3.63) is 59.4 Å². The number of ketones is 1. The number of anilines is 2. The number of cyclic esters (lactones) is 1. The number of amides is 3. The number of hydrogen-bond donors (Lipinski definition) is 2. The molecule has 3 amide bonds. The van der Waals surface area contributed by atoms with E-state index in [1.54, 1.807) is 48.2 Å². The van der Waals surface area contributed by atoms with Crippen molar-refractivity contribution < 1.29 is 36.7 Å². The van der Waals surface area contributed by atoms with Crippen LogP contribution in [0.3, 0.4) is 0 Å². The number of benzene rings is 2. The molecule has 2 aromatic rings. The van der Waals surface area contributed by atoms with Gasteiger partial charge in [-0.1, -0.05) is 24.3 Å². The smallest absolute Gasteiger partial charge is 0.414 e. The zero-order valence-corrected chi connectivity index (χ0v) is 25.0. The van der Waals surface area contributed by atoms with Gasteiger partial charge >= 0.3 is 6.09 Å². The number of nitrogens with one attached hydrogen (secondary N) is 2. The van der Waals surface area contributed by atoms with E-state index in [0.717, 1.165) is 5.56 Å². The Hall–Kier alpha value is -4.04. The first-order valence-electron chi connectivity index (χ1n) is 14.1. The van der Waals surface area contributed by atoms with E-state index in [4.69, 9.17) is 4.74 Å². The number of piperazine rings is 1. The van der Waals surface area contributed by atoms with Gasteiger partial charge in [0.05, 0.1) is 30.2 Å². The minimum Gasteiger partial charge on any atom is -0.442 e. The van der Waals surface area contributed by atoms with E-state index in [9.17, 15) is 27.6 Å². The van der Waals surface area contributed by atoms with Crippen LogP contribution >= 0.6 is 0 Å². The van der Waals surface area contributed by atoms with Crippen molar-refractivity contribution >= 4 is 45.1 Å². The summed E-state index contributed by atoms with van der Waals surface area (Å²) in [6.45, 7) is 4.99. The van der Waals surface area contributed by atoms with Gasteiger partial charge in [0.15, 0.2) is 5.78 Å². The fourth-order valence-electron chi connectivity index (χ4n) is 4.84. The molecule has 0 aromatic heterocycles. The van der Waals surface area contributed by atoms with Crippen molar-refractivity contribution in [2.75, 3.05) is 54.8 Å². The Kier molecular flexibility index (Phi) is 10.3. The van der Waals surface area contributed by atoms with Crippen LogP contribution in [-0.4, -0.2) is 88.1 Å². The average Bonchev–Trinajstić information content (AvgIpc) is 3.38. The highest BCUT2D eigenvalue weighted by atomic mass is 32.2. The van der Waals surface area contributed by atoms with Crippen LogP contribution in [0.25, 0.3) is 0 Å². The molecule has 0 spiro atoms. The Morgan fingerprint density at radius 1 is 1.02 bits per heavy atom. The zero-order chi connectivity index (χ0) is 31.1. The van der Waals surface area contributed by atoms with E-state index < -0.39 is 28.0 Å². The molecule has 4 rings (SSSR count). The molecule has 12 nitrogen and oxygen atoms in total. The summed E-state index contributed by atoms with van der Waals surface area (Å²) in [5.74, 6) is -1.09. The Labute approximate surface area is 250 Å². The maximum atomic E-state index is 15.1. The lowest BCUT2D eigenvalue weighted by atomic mass is 10.0. The fourth-order valence-corrected chi connectivity index (χ4v) is 5.43. The predicted molar refractivity (Wildman–Crippen MR) is 158 cm³/mol. The zero-order valence-electron chi connectivity index (χ0n) is 24.2. The number of carbonyl (C=O) groups excluding carboxylic acids is 4. The summed E-state index contributed by atoms with van der Waals surface area (Å²) in [4.78, 5) is 53.6. The van der Waals surface area contributed by atoms with E-state index in [2.05, 4.69) is 10.0 Å². The predicted octanol–water partition coefficient (Wildman–Crippen LogP) is 2.04. The number of Topliss-reactive ketones (excluding diaryl/α,β-unsaturated/α-hetero) is 1. The lowest BCUT2D eigenvalue weighted by Crippen LogP contribution is -2.49. The molecular formula is C29H36FN5O7S. The molecule has 2 heterocycles. The summed E-state index contributed by atoms with van der Waals surface area (Å²) >= 11 is 0. The molecule has 2 aromatic carbocycles. The number of carbonyl (C=O) groups is 4. The molecule has 1 atom stereocenters. The molecule has 2 aliphatic rings. The molecule has 2 fully saturated rings. The lowest BCUT2D eigenvalue weighted by molar-refractivity contribution is -0.131. The molecule has 0 aliphatic carbocycles. The van der Waals surface area contributed by atoms with E-state index in [1.165, 1.54) is 17.9 Å². The van der Waals surface area contributed by atoms with Crippen LogP contribution in [-0.2, 0) is 30.9 Å². The molecule has 232 valence electrons. The number of ether oxygens (including phenoxy) is 1. The Bertz CT molecular complexity index is 1460. The minimum atomic E-state index is -3.31. The number of halogens is 1. The third-order valence-corrected chi connectivity index (χ3v) is 8.73. The summed E-state index contributed by atoms with van der Waals surface area (Å²) in [5.41, 5.74) is 1.88. The number of nitrogens with zero attached hydrogens (tertiary/aromatic N) is 3. The molecular weight excluding hydrogens is 581 g/mol. The monoisotopic (exact) mass is 617 g/mol. The second kappa shape index (κ2) is 14.0. The topological polar surface area (TPSA) is 145 Å². The van der Waals surface area contributed by atoms with Gasteiger partial charge in [-0.3, -0.25) is 19.3 Å². The molecule has 14 heteroatoms. The van der Waals surface area contributed by atoms with Crippen LogP contribution in [0.5, 0.6) is 0 Å². The largest absolute Gasteiger partial charge is 0.442 e. The highest BCUT2D eigenvalue weighted by Crippen LogP contribution is 2.28. The molecule has 2 N–H and O–H groups in total. The van der Waals surface area contributed by atoms with Crippen LogP contribution in [0, 0.1) is 5.82 Å². The molecule has 43 heavy (non-hydrogen) atoms. The third-order valence-electron chi connectivity index (χ3n) is 7.39. The maximum absolute atomic E-state index is 15.1. The van der Waals surface area contributed by atoms with Gasteiger partial charge in [-0.05, 0) is 30.7 Å².